The van der Waals surface area contributed by atoms with E-state index in [0.717, 1.165) is 49.6 Å². The van der Waals surface area contributed by atoms with Crippen LogP contribution in [0.3, 0.4) is 0 Å². The number of halogens is 1. The molecule has 3 aromatic carbocycles. The molecule has 1 aliphatic rings. The first kappa shape index (κ1) is 30.4. The average Bonchev–Trinajstić information content (AvgIpc) is 3.62. The second-order valence-electron chi connectivity index (χ2n) is 11.7. The number of rotatable bonds is 1. The first-order valence-corrected chi connectivity index (χ1v) is 17.3. The molecule has 1 N–H and O–H groups in total. The Morgan fingerprint density at radius 3 is 2.61 bits per heavy atom. The molecule has 0 saturated carbocycles. The number of benzene rings is 3. The highest BCUT2D eigenvalue weighted by molar-refractivity contribution is 7.98. The molecule has 0 amide bonds. The van der Waals surface area contributed by atoms with E-state index < -0.39 is 11.8 Å². The monoisotopic (exact) mass is 655 g/mol. The van der Waals surface area contributed by atoms with E-state index in [-0.39, 0.29) is 5.69 Å². The van der Waals surface area contributed by atoms with Gasteiger partial charge in [0.05, 0.1) is 29.2 Å². The van der Waals surface area contributed by atoms with Crippen molar-refractivity contribution < 1.29 is 19.0 Å². The van der Waals surface area contributed by atoms with Crippen LogP contribution in [0.4, 0.5) is 4.39 Å². The van der Waals surface area contributed by atoms with E-state index in [4.69, 9.17) is 9.84 Å². The molecule has 0 spiro atoms. The standard InChI is InChI=1S/C35H34FN5O3S2/c1-20-31-29(41(4)37-20)19-45-17-22-15-23(40(3)38-22)18-46-24-14-21-8-5-6-9-25(21)30(16-24)44-13-7-10-26-27-11-12-28(36)32(31)33(27)39(2)34(26)35(42)43/h5-6,8-9,11-12,14-16H,7,10,13,17-19H2,1-4H3,(H,42,43). The number of aryl methyl sites for hydroxylation is 5. The molecule has 0 unspecified atom stereocenters. The van der Waals surface area contributed by atoms with Crippen molar-refractivity contribution in [3.8, 4) is 16.9 Å². The summed E-state index contributed by atoms with van der Waals surface area (Å²) in [5.41, 5.74) is 6.18. The summed E-state index contributed by atoms with van der Waals surface area (Å²) < 4.78 is 27.7. The fourth-order valence-corrected chi connectivity index (χ4v) is 8.59. The Kier molecular flexibility index (Phi) is 8.06. The van der Waals surface area contributed by atoms with Gasteiger partial charge in [0.1, 0.15) is 17.3 Å². The summed E-state index contributed by atoms with van der Waals surface area (Å²) in [5.74, 6) is 1.38. The topological polar surface area (TPSA) is 87.1 Å². The SMILES string of the molecule is Cc1nn(C)c2c1-c1c(F)ccc3c(c(C(=O)O)n(C)c13)CCCOc1cc(cc3ccccc13)SCc1cc(nn1C)CSC2. The van der Waals surface area contributed by atoms with E-state index in [9.17, 15) is 9.90 Å². The number of hydrogen-bond acceptors (Lipinski definition) is 6. The molecule has 0 saturated heterocycles. The lowest BCUT2D eigenvalue weighted by molar-refractivity contribution is 0.0685. The Morgan fingerprint density at radius 2 is 1.78 bits per heavy atom. The van der Waals surface area contributed by atoms with Gasteiger partial charge in [0.15, 0.2) is 0 Å². The lowest BCUT2D eigenvalue weighted by Gasteiger charge is -2.12. The first-order valence-electron chi connectivity index (χ1n) is 15.1. The average molecular weight is 656 g/mol. The molecule has 0 radical (unpaired) electrons. The molecule has 8 nitrogen and oxygen atoms in total. The van der Waals surface area contributed by atoms with Crippen LogP contribution in [0.2, 0.25) is 0 Å². The molecular formula is C35H34FN5O3S2. The first-order chi connectivity index (χ1) is 22.2. The largest absolute Gasteiger partial charge is 0.493 e. The van der Waals surface area contributed by atoms with Gasteiger partial charge in [-0.25, -0.2) is 9.18 Å². The van der Waals surface area contributed by atoms with Gasteiger partial charge in [0, 0.05) is 70.9 Å². The second-order valence-corrected chi connectivity index (χ2v) is 13.7. The van der Waals surface area contributed by atoms with Gasteiger partial charge < -0.3 is 14.4 Å². The van der Waals surface area contributed by atoms with Gasteiger partial charge >= 0.3 is 5.97 Å². The summed E-state index contributed by atoms with van der Waals surface area (Å²) in [6, 6.07) is 17.8. The summed E-state index contributed by atoms with van der Waals surface area (Å²) in [6.07, 6.45) is 1.05. The van der Waals surface area contributed by atoms with Crippen molar-refractivity contribution in [3.05, 3.63) is 94.4 Å². The summed E-state index contributed by atoms with van der Waals surface area (Å²) in [5, 5.41) is 22.7. The maximum Gasteiger partial charge on any atom is 0.352 e. The van der Waals surface area contributed by atoms with Gasteiger partial charge in [-0.15, -0.1) is 23.5 Å². The van der Waals surface area contributed by atoms with E-state index in [2.05, 4.69) is 35.4 Å². The van der Waals surface area contributed by atoms with E-state index in [0.29, 0.717) is 58.9 Å². The zero-order valence-electron chi connectivity index (χ0n) is 26.1. The third-order valence-corrected chi connectivity index (χ3v) is 10.7. The van der Waals surface area contributed by atoms with Crippen LogP contribution in [0, 0.1) is 12.7 Å². The Bertz CT molecular complexity index is 2150. The van der Waals surface area contributed by atoms with Gasteiger partial charge in [-0.1, -0.05) is 24.3 Å². The molecule has 1 aliphatic heterocycles. The predicted octanol–water partition coefficient (Wildman–Crippen LogP) is 7.66. The zero-order valence-corrected chi connectivity index (χ0v) is 27.8. The Labute approximate surface area is 274 Å². The van der Waals surface area contributed by atoms with Crippen LogP contribution in [0.1, 0.15) is 45.2 Å². The molecule has 7 rings (SSSR count). The number of thioether (sulfide) groups is 2. The minimum absolute atomic E-state index is 0.163. The van der Waals surface area contributed by atoms with Crippen molar-refractivity contribution in [1.82, 2.24) is 24.1 Å². The highest BCUT2D eigenvalue weighted by atomic mass is 32.2. The molecule has 6 aromatic rings. The number of nitrogens with zero attached hydrogens (tertiary/aromatic N) is 5. The Balaban J connectivity index is 1.36. The minimum Gasteiger partial charge on any atom is -0.493 e. The summed E-state index contributed by atoms with van der Waals surface area (Å²) in [4.78, 5) is 13.8. The van der Waals surface area contributed by atoms with Gasteiger partial charge in [-0.05, 0) is 61.0 Å². The van der Waals surface area contributed by atoms with Crippen LogP contribution in [-0.2, 0) is 44.8 Å². The Hall–Kier alpha value is -4.22. The van der Waals surface area contributed by atoms with Crippen LogP contribution < -0.4 is 4.74 Å². The molecule has 8 bridgehead atoms. The van der Waals surface area contributed by atoms with Crippen LogP contribution in [0.15, 0.2) is 59.5 Å². The molecule has 0 fully saturated rings. The van der Waals surface area contributed by atoms with Crippen LogP contribution >= 0.6 is 23.5 Å². The smallest absolute Gasteiger partial charge is 0.352 e. The van der Waals surface area contributed by atoms with E-state index in [1.165, 1.54) is 6.07 Å². The van der Waals surface area contributed by atoms with Crippen molar-refractivity contribution in [3.63, 3.8) is 0 Å². The number of ether oxygens (including phenoxy) is 1. The molecule has 0 atom stereocenters. The molecule has 11 heteroatoms. The highest BCUT2D eigenvalue weighted by Gasteiger charge is 2.28. The maximum absolute atomic E-state index is 16.0. The number of carboxylic acids is 1. The van der Waals surface area contributed by atoms with Crippen LogP contribution in [0.25, 0.3) is 32.8 Å². The van der Waals surface area contributed by atoms with Crippen molar-refractivity contribution >= 4 is 51.2 Å². The molecule has 46 heavy (non-hydrogen) atoms. The Morgan fingerprint density at radius 1 is 0.957 bits per heavy atom. The van der Waals surface area contributed by atoms with E-state index >= 15 is 4.39 Å². The number of carbonyl (C=O) groups is 1. The van der Waals surface area contributed by atoms with Gasteiger partial charge in [0.2, 0.25) is 0 Å². The summed E-state index contributed by atoms with van der Waals surface area (Å²) in [6.45, 7) is 2.28. The van der Waals surface area contributed by atoms with Crippen molar-refractivity contribution in [2.75, 3.05) is 6.61 Å². The normalized spacial score (nSPS) is 14.3. The van der Waals surface area contributed by atoms with Crippen molar-refractivity contribution in [1.29, 1.82) is 0 Å². The predicted molar refractivity (Wildman–Crippen MR) is 182 cm³/mol. The summed E-state index contributed by atoms with van der Waals surface area (Å²) >= 11 is 3.44. The molecule has 0 aliphatic carbocycles. The zero-order chi connectivity index (χ0) is 32.1. The van der Waals surface area contributed by atoms with E-state index in [1.54, 1.807) is 41.2 Å². The van der Waals surface area contributed by atoms with Gasteiger partial charge in [0.25, 0.3) is 0 Å². The minimum atomic E-state index is -1.04. The molecule has 236 valence electrons. The number of fused-ring (bicyclic) bond motifs is 8. The quantitative estimate of drug-likeness (QED) is 0.195. The van der Waals surface area contributed by atoms with Crippen molar-refractivity contribution in [2.24, 2.45) is 21.1 Å². The molecule has 4 heterocycles. The number of aromatic nitrogens is 5. The van der Waals surface area contributed by atoms with E-state index in [1.807, 2.05) is 42.5 Å². The lowest BCUT2D eigenvalue weighted by Crippen LogP contribution is -2.09. The summed E-state index contributed by atoms with van der Waals surface area (Å²) in [7, 11) is 5.56. The van der Waals surface area contributed by atoms with Crippen LogP contribution in [-0.4, -0.2) is 41.8 Å². The maximum atomic E-state index is 16.0. The number of carboxylic acid groups (broad SMARTS) is 1. The second kappa shape index (κ2) is 12.2. The molecular weight excluding hydrogens is 622 g/mol. The fraction of sp³-hybridized carbons (Fsp3) is 0.286. The third-order valence-electron chi connectivity index (χ3n) is 8.73. The lowest BCUT2D eigenvalue weighted by atomic mass is 9.98. The van der Waals surface area contributed by atoms with Crippen LogP contribution in [0.5, 0.6) is 5.75 Å². The fourth-order valence-electron chi connectivity index (χ4n) is 6.63. The third kappa shape index (κ3) is 5.35. The number of hydrogen-bond donors (Lipinski definition) is 1. The van der Waals surface area contributed by atoms with Crippen molar-refractivity contribution in [2.45, 2.75) is 41.9 Å². The number of aromatic carboxylic acids is 1. The highest BCUT2D eigenvalue weighted by Crippen LogP contribution is 2.41. The van der Waals surface area contributed by atoms with Gasteiger partial charge in [-0.3, -0.25) is 9.36 Å². The molecule has 3 aromatic heterocycles. The van der Waals surface area contributed by atoms with Gasteiger partial charge in [-0.2, -0.15) is 10.2 Å².